The Bertz CT molecular complexity index is 528. The van der Waals surface area contributed by atoms with E-state index in [2.05, 4.69) is 18.2 Å². The van der Waals surface area contributed by atoms with Crippen LogP contribution in [0.2, 0.25) is 0 Å². The highest BCUT2D eigenvalue weighted by Crippen LogP contribution is 2.34. The van der Waals surface area contributed by atoms with Crippen molar-refractivity contribution >= 4 is 17.1 Å². The van der Waals surface area contributed by atoms with Gasteiger partial charge in [-0.25, -0.2) is 0 Å². The Hall–Kier alpha value is -1.41. The number of hydrogen-bond acceptors (Lipinski definition) is 2. The molecule has 0 amide bonds. The van der Waals surface area contributed by atoms with Gasteiger partial charge in [0.05, 0.1) is 0 Å². The van der Waals surface area contributed by atoms with Crippen LogP contribution in [-0.2, 0) is 6.42 Å². The van der Waals surface area contributed by atoms with Crippen LogP contribution in [0.5, 0.6) is 0 Å². The van der Waals surface area contributed by atoms with Gasteiger partial charge in [-0.3, -0.25) is 4.79 Å². The molecule has 3 rings (SSSR count). The molecule has 2 aromatic rings. The standard InChI is InChI=1S/C15H14OS/c16-15(12-8-9-17-10-12)14-7-3-5-11-4-1-2-6-13(11)14/h1-2,4,6,8-10,14H,3,5,7H2. The van der Waals surface area contributed by atoms with Crippen LogP contribution in [-0.4, -0.2) is 5.78 Å². The van der Waals surface area contributed by atoms with Gasteiger partial charge < -0.3 is 0 Å². The van der Waals surface area contributed by atoms with Crippen molar-refractivity contribution < 1.29 is 4.79 Å². The fourth-order valence-electron chi connectivity index (χ4n) is 2.63. The van der Waals surface area contributed by atoms with Gasteiger partial charge in [0.25, 0.3) is 0 Å². The molecule has 1 aliphatic rings. The normalized spacial score (nSPS) is 18.7. The molecule has 0 bridgehead atoms. The molecule has 1 aromatic heterocycles. The van der Waals surface area contributed by atoms with E-state index in [1.807, 2.05) is 22.9 Å². The van der Waals surface area contributed by atoms with Crippen LogP contribution in [0.15, 0.2) is 41.1 Å². The molecule has 0 fully saturated rings. The molecular weight excluding hydrogens is 228 g/mol. The first-order valence-electron chi connectivity index (χ1n) is 6.00. The van der Waals surface area contributed by atoms with Gasteiger partial charge in [-0.2, -0.15) is 11.3 Å². The number of benzene rings is 1. The minimum atomic E-state index is 0.0783. The minimum absolute atomic E-state index is 0.0783. The first-order chi connectivity index (χ1) is 8.36. The Kier molecular flexibility index (Phi) is 2.81. The van der Waals surface area contributed by atoms with Crippen LogP contribution in [0.4, 0.5) is 0 Å². The maximum Gasteiger partial charge on any atom is 0.171 e. The van der Waals surface area contributed by atoms with E-state index in [0.29, 0.717) is 5.78 Å². The fraction of sp³-hybridized carbons (Fsp3) is 0.267. The summed E-state index contributed by atoms with van der Waals surface area (Å²) in [6.45, 7) is 0. The third kappa shape index (κ3) is 1.93. The lowest BCUT2D eigenvalue weighted by Crippen LogP contribution is -2.18. The summed E-state index contributed by atoms with van der Waals surface area (Å²) in [5.41, 5.74) is 3.47. The lowest BCUT2D eigenvalue weighted by Gasteiger charge is -2.24. The van der Waals surface area contributed by atoms with Crippen molar-refractivity contribution in [3.63, 3.8) is 0 Å². The van der Waals surface area contributed by atoms with Crippen LogP contribution in [0.1, 0.15) is 40.2 Å². The molecule has 1 aliphatic carbocycles. The number of ketones is 1. The number of fused-ring (bicyclic) bond motifs is 1. The van der Waals surface area contributed by atoms with Gasteiger partial charge in [-0.05, 0) is 41.8 Å². The van der Waals surface area contributed by atoms with Crippen molar-refractivity contribution in [1.82, 2.24) is 0 Å². The molecule has 1 nitrogen and oxygen atoms in total. The maximum absolute atomic E-state index is 12.4. The second-order valence-electron chi connectivity index (χ2n) is 4.52. The van der Waals surface area contributed by atoms with Crippen molar-refractivity contribution in [2.45, 2.75) is 25.2 Å². The highest BCUT2D eigenvalue weighted by molar-refractivity contribution is 7.08. The van der Waals surface area contributed by atoms with Crippen LogP contribution < -0.4 is 0 Å². The summed E-state index contributed by atoms with van der Waals surface area (Å²) in [5.74, 6) is 0.368. The first kappa shape index (κ1) is 10.7. The Labute approximate surface area is 105 Å². The number of aryl methyl sites for hydroxylation is 1. The van der Waals surface area contributed by atoms with Gasteiger partial charge in [-0.15, -0.1) is 0 Å². The molecule has 17 heavy (non-hydrogen) atoms. The van der Waals surface area contributed by atoms with Crippen molar-refractivity contribution in [3.05, 3.63) is 57.8 Å². The summed E-state index contributed by atoms with van der Waals surface area (Å²) < 4.78 is 0. The summed E-state index contributed by atoms with van der Waals surface area (Å²) in [5, 5.41) is 3.93. The largest absolute Gasteiger partial charge is 0.293 e. The SMILES string of the molecule is O=C(c1ccsc1)C1CCCc2ccccc21. The average molecular weight is 242 g/mol. The van der Waals surface area contributed by atoms with Crippen LogP contribution >= 0.6 is 11.3 Å². The van der Waals surface area contributed by atoms with Crippen molar-refractivity contribution in [2.75, 3.05) is 0 Å². The lowest BCUT2D eigenvalue weighted by atomic mass is 9.79. The van der Waals surface area contributed by atoms with Crippen molar-refractivity contribution in [2.24, 2.45) is 0 Å². The van der Waals surface area contributed by atoms with Gasteiger partial charge >= 0.3 is 0 Å². The second kappa shape index (κ2) is 4.46. The van der Waals surface area contributed by atoms with E-state index in [4.69, 9.17) is 0 Å². The van der Waals surface area contributed by atoms with Gasteiger partial charge in [0.1, 0.15) is 0 Å². The van der Waals surface area contributed by atoms with Crippen molar-refractivity contribution in [3.8, 4) is 0 Å². The van der Waals surface area contributed by atoms with E-state index in [1.54, 1.807) is 11.3 Å². The molecule has 0 radical (unpaired) electrons. The molecule has 1 atom stereocenters. The summed E-state index contributed by atoms with van der Waals surface area (Å²) in [7, 11) is 0. The Balaban J connectivity index is 1.98. The molecule has 1 unspecified atom stereocenters. The van der Waals surface area contributed by atoms with E-state index < -0.39 is 0 Å². The summed E-state index contributed by atoms with van der Waals surface area (Å²) in [6.07, 6.45) is 3.23. The van der Waals surface area contributed by atoms with Gasteiger partial charge in [0.2, 0.25) is 0 Å². The van der Waals surface area contributed by atoms with Gasteiger partial charge in [0.15, 0.2) is 5.78 Å². The molecule has 86 valence electrons. The predicted octanol–water partition coefficient (Wildman–Crippen LogP) is 4.05. The first-order valence-corrected chi connectivity index (χ1v) is 6.95. The topological polar surface area (TPSA) is 17.1 Å². The van der Waals surface area contributed by atoms with E-state index in [-0.39, 0.29) is 5.92 Å². The molecule has 0 saturated carbocycles. The average Bonchev–Trinajstić information content (AvgIpc) is 2.91. The lowest BCUT2D eigenvalue weighted by molar-refractivity contribution is 0.0951. The molecule has 2 heteroatoms. The molecule has 0 aliphatic heterocycles. The molecular formula is C15H14OS. The number of hydrogen-bond donors (Lipinski definition) is 0. The van der Waals surface area contributed by atoms with Crippen LogP contribution in [0.3, 0.4) is 0 Å². The number of carbonyl (C=O) groups is 1. The zero-order valence-corrected chi connectivity index (χ0v) is 10.4. The van der Waals surface area contributed by atoms with E-state index in [0.717, 1.165) is 24.8 Å². The molecule has 0 spiro atoms. The monoisotopic (exact) mass is 242 g/mol. The highest BCUT2D eigenvalue weighted by Gasteiger charge is 2.26. The third-order valence-corrected chi connectivity index (χ3v) is 4.17. The molecule has 0 N–H and O–H groups in total. The second-order valence-corrected chi connectivity index (χ2v) is 5.30. The summed E-state index contributed by atoms with van der Waals surface area (Å²) in [4.78, 5) is 12.4. The Morgan fingerprint density at radius 2 is 2.12 bits per heavy atom. The smallest absolute Gasteiger partial charge is 0.171 e. The quantitative estimate of drug-likeness (QED) is 0.726. The van der Waals surface area contributed by atoms with Gasteiger partial charge in [0, 0.05) is 16.9 Å². The summed E-state index contributed by atoms with van der Waals surface area (Å²) in [6, 6.07) is 10.3. The molecule has 1 heterocycles. The zero-order chi connectivity index (χ0) is 11.7. The van der Waals surface area contributed by atoms with Crippen LogP contribution in [0.25, 0.3) is 0 Å². The number of thiophene rings is 1. The zero-order valence-electron chi connectivity index (χ0n) is 9.56. The number of Topliss-reactive ketones (excluding diaryl/α,β-unsaturated/α-hetero) is 1. The van der Waals surface area contributed by atoms with Gasteiger partial charge in [-0.1, -0.05) is 24.3 Å². The third-order valence-electron chi connectivity index (χ3n) is 3.49. The van der Waals surface area contributed by atoms with E-state index in [9.17, 15) is 4.79 Å². The molecule has 0 saturated heterocycles. The predicted molar refractivity (Wildman–Crippen MR) is 70.8 cm³/mol. The maximum atomic E-state index is 12.4. The number of rotatable bonds is 2. The van der Waals surface area contributed by atoms with E-state index >= 15 is 0 Å². The number of carbonyl (C=O) groups excluding carboxylic acids is 1. The minimum Gasteiger partial charge on any atom is -0.293 e. The fourth-order valence-corrected chi connectivity index (χ4v) is 3.28. The summed E-state index contributed by atoms with van der Waals surface area (Å²) >= 11 is 1.59. The van der Waals surface area contributed by atoms with E-state index in [1.165, 1.54) is 11.1 Å². The van der Waals surface area contributed by atoms with Crippen LogP contribution in [0, 0.1) is 0 Å². The molecule has 1 aromatic carbocycles. The highest BCUT2D eigenvalue weighted by atomic mass is 32.1. The Morgan fingerprint density at radius 3 is 2.94 bits per heavy atom. The van der Waals surface area contributed by atoms with Crippen molar-refractivity contribution in [1.29, 1.82) is 0 Å². The Morgan fingerprint density at radius 1 is 1.24 bits per heavy atom.